The fraction of sp³-hybridized carbons (Fsp3) is 0.929. The van der Waals surface area contributed by atoms with E-state index in [0.717, 1.165) is 13.1 Å². The number of likely N-dealkylation sites (N-methyl/N-ethyl adjacent to an activating group) is 2. The fourth-order valence-corrected chi connectivity index (χ4v) is 2.48. The number of likely N-dealkylation sites (tertiary alicyclic amines) is 1. The second kappa shape index (κ2) is 7.10. The van der Waals surface area contributed by atoms with Crippen molar-refractivity contribution in [3.8, 4) is 0 Å². The number of amides is 1. The zero-order valence-corrected chi connectivity index (χ0v) is 12.6. The zero-order chi connectivity index (χ0) is 13.7. The molecule has 0 aromatic rings. The molecule has 1 aliphatic rings. The van der Waals surface area contributed by atoms with Crippen LogP contribution in [0.3, 0.4) is 0 Å². The zero-order valence-electron chi connectivity index (χ0n) is 12.6. The first-order valence-electron chi connectivity index (χ1n) is 7.05. The van der Waals surface area contributed by atoms with Gasteiger partial charge >= 0.3 is 0 Å². The summed E-state index contributed by atoms with van der Waals surface area (Å²) in [6, 6.07) is 0.684. The summed E-state index contributed by atoms with van der Waals surface area (Å²) in [5.41, 5.74) is 0. The van der Waals surface area contributed by atoms with E-state index in [-0.39, 0.29) is 11.8 Å². The standard InChI is InChI=1S/C14H29N3O/c1-12(2)14(18)17(5)11-10-16(4)13-6-8-15(3)9-7-13/h12-13H,6-11H2,1-5H3. The average molecular weight is 255 g/mol. The van der Waals surface area contributed by atoms with Crippen molar-refractivity contribution in [2.24, 2.45) is 5.92 Å². The summed E-state index contributed by atoms with van der Waals surface area (Å²) in [6.45, 7) is 8.10. The highest BCUT2D eigenvalue weighted by Crippen LogP contribution is 2.13. The Morgan fingerprint density at radius 2 is 1.78 bits per heavy atom. The number of hydrogen-bond donors (Lipinski definition) is 0. The van der Waals surface area contributed by atoms with E-state index in [0.29, 0.717) is 6.04 Å². The van der Waals surface area contributed by atoms with Gasteiger partial charge in [0, 0.05) is 32.1 Å². The molecule has 18 heavy (non-hydrogen) atoms. The molecule has 0 unspecified atom stereocenters. The van der Waals surface area contributed by atoms with Gasteiger partial charge in [-0.25, -0.2) is 0 Å². The molecule has 0 N–H and O–H groups in total. The van der Waals surface area contributed by atoms with Crippen LogP contribution in [0.4, 0.5) is 0 Å². The van der Waals surface area contributed by atoms with Crippen LogP contribution in [0.25, 0.3) is 0 Å². The summed E-state index contributed by atoms with van der Waals surface area (Å²) < 4.78 is 0. The topological polar surface area (TPSA) is 26.8 Å². The molecule has 1 aliphatic heterocycles. The number of piperidine rings is 1. The van der Waals surface area contributed by atoms with Gasteiger partial charge in [-0.15, -0.1) is 0 Å². The predicted molar refractivity (Wildman–Crippen MR) is 75.6 cm³/mol. The Morgan fingerprint density at radius 1 is 1.22 bits per heavy atom. The van der Waals surface area contributed by atoms with E-state index in [4.69, 9.17) is 0 Å². The number of rotatable bonds is 5. The van der Waals surface area contributed by atoms with Crippen molar-refractivity contribution in [1.29, 1.82) is 0 Å². The van der Waals surface area contributed by atoms with E-state index in [9.17, 15) is 4.79 Å². The van der Waals surface area contributed by atoms with Gasteiger partial charge in [0.15, 0.2) is 0 Å². The number of carbonyl (C=O) groups is 1. The maximum Gasteiger partial charge on any atom is 0.224 e. The molecule has 0 atom stereocenters. The van der Waals surface area contributed by atoms with E-state index >= 15 is 0 Å². The maximum absolute atomic E-state index is 11.8. The Labute approximate surface area is 112 Å². The number of hydrogen-bond acceptors (Lipinski definition) is 3. The summed E-state index contributed by atoms with van der Waals surface area (Å²) in [6.07, 6.45) is 2.49. The molecule has 1 rings (SSSR count). The molecule has 0 aromatic heterocycles. The fourth-order valence-electron chi connectivity index (χ4n) is 2.48. The first kappa shape index (κ1) is 15.4. The van der Waals surface area contributed by atoms with Gasteiger partial charge < -0.3 is 14.7 Å². The predicted octanol–water partition coefficient (Wildman–Crippen LogP) is 1.13. The van der Waals surface area contributed by atoms with Crippen molar-refractivity contribution < 1.29 is 4.79 Å². The van der Waals surface area contributed by atoms with E-state index in [1.165, 1.54) is 25.9 Å². The van der Waals surface area contributed by atoms with Crippen molar-refractivity contribution >= 4 is 5.91 Å². The third-order valence-corrected chi connectivity index (χ3v) is 3.97. The molecular weight excluding hydrogens is 226 g/mol. The molecule has 106 valence electrons. The minimum absolute atomic E-state index is 0.101. The van der Waals surface area contributed by atoms with Crippen LogP contribution in [0.2, 0.25) is 0 Å². The highest BCUT2D eigenvalue weighted by Gasteiger charge is 2.21. The van der Waals surface area contributed by atoms with Crippen LogP contribution in [-0.2, 0) is 4.79 Å². The van der Waals surface area contributed by atoms with Crippen molar-refractivity contribution in [2.75, 3.05) is 47.3 Å². The second-order valence-corrected chi connectivity index (χ2v) is 5.93. The van der Waals surface area contributed by atoms with Crippen LogP contribution in [0.5, 0.6) is 0 Å². The third kappa shape index (κ3) is 4.58. The van der Waals surface area contributed by atoms with Crippen LogP contribution < -0.4 is 0 Å². The van der Waals surface area contributed by atoms with Crippen LogP contribution >= 0.6 is 0 Å². The van der Waals surface area contributed by atoms with Crippen molar-refractivity contribution in [2.45, 2.75) is 32.7 Å². The molecular formula is C14H29N3O. The molecule has 1 saturated heterocycles. The normalized spacial score (nSPS) is 18.6. The van der Waals surface area contributed by atoms with Gasteiger partial charge in [-0.3, -0.25) is 4.79 Å². The molecule has 1 fully saturated rings. The summed E-state index contributed by atoms with van der Waals surface area (Å²) in [7, 11) is 6.28. The molecule has 4 heteroatoms. The first-order valence-corrected chi connectivity index (χ1v) is 7.05. The summed E-state index contributed by atoms with van der Waals surface area (Å²) in [4.78, 5) is 18.4. The Balaban J connectivity index is 2.28. The minimum Gasteiger partial charge on any atom is -0.344 e. The van der Waals surface area contributed by atoms with Crippen LogP contribution in [0.15, 0.2) is 0 Å². The van der Waals surface area contributed by atoms with Crippen molar-refractivity contribution in [3.05, 3.63) is 0 Å². The highest BCUT2D eigenvalue weighted by molar-refractivity contribution is 5.77. The molecule has 0 saturated carbocycles. The highest BCUT2D eigenvalue weighted by atomic mass is 16.2. The SMILES string of the molecule is CC(C)C(=O)N(C)CCN(C)C1CCN(C)CC1. The van der Waals surface area contributed by atoms with Crippen molar-refractivity contribution in [3.63, 3.8) is 0 Å². The Morgan fingerprint density at radius 3 is 2.28 bits per heavy atom. The minimum atomic E-state index is 0.101. The lowest BCUT2D eigenvalue weighted by Gasteiger charge is -2.35. The van der Waals surface area contributed by atoms with Gasteiger partial charge in [-0.05, 0) is 40.0 Å². The van der Waals surface area contributed by atoms with Gasteiger partial charge in [-0.1, -0.05) is 13.8 Å². The van der Waals surface area contributed by atoms with Crippen LogP contribution in [-0.4, -0.2) is 74.0 Å². The second-order valence-electron chi connectivity index (χ2n) is 5.93. The molecule has 0 spiro atoms. The number of nitrogens with zero attached hydrogens (tertiary/aromatic N) is 3. The molecule has 0 aromatic carbocycles. The maximum atomic E-state index is 11.8. The van der Waals surface area contributed by atoms with E-state index < -0.39 is 0 Å². The smallest absolute Gasteiger partial charge is 0.224 e. The van der Waals surface area contributed by atoms with Crippen molar-refractivity contribution in [1.82, 2.24) is 14.7 Å². The Bertz CT molecular complexity index is 260. The van der Waals surface area contributed by atoms with Gasteiger partial charge in [0.2, 0.25) is 5.91 Å². The molecule has 0 aliphatic carbocycles. The lowest BCUT2D eigenvalue weighted by atomic mass is 10.0. The molecule has 1 heterocycles. The lowest BCUT2D eigenvalue weighted by molar-refractivity contribution is -0.133. The Hall–Kier alpha value is -0.610. The largest absolute Gasteiger partial charge is 0.344 e. The molecule has 0 radical (unpaired) electrons. The van der Waals surface area contributed by atoms with Gasteiger partial charge in [0.05, 0.1) is 0 Å². The number of carbonyl (C=O) groups excluding carboxylic acids is 1. The molecule has 0 bridgehead atoms. The molecule has 4 nitrogen and oxygen atoms in total. The molecule has 1 amide bonds. The summed E-state index contributed by atoms with van der Waals surface area (Å²) in [5.74, 6) is 0.343. The summed E-state index contributed by atoms with van der Waals surface area (Å²) in [5, 5.41) is 0. The van der Waals surface area contributed by atoms with Gasteiger partial charge in [0.1, 0.15) is 0 Å². The van der Waals surface area contributed by atoms with E-state index in [1.807, 2.05) is 25.8 Å². The average Bonchev–Trinajstić information content (AvgIpc) is 2.35. The van der Waals surface area contributed by atoms with E-state index in [2.05, 4.69) is 23.9 Å². The van der Waals surface area contributed by atoms with Crippen LogP contribution in [0, 0.1) is 5.92 Å². The Kier molecular flexibility index (Phi) is 6.09. The third-order valence-electron chi connectivity index (χ3n) is 3.97. The monoisotopic (exact) mass is 255 g/mol. The van der Waals surface area contributed by atoms with Crippen LogP contribution in [0.1, 0.15) is 26.7 Å². The lowest BCUT2D eigenvalue weighted by Crippen LogP contribution is -2.45. The first-order chi connectivity index (χ1) is 8.41. The van der Waals surface area contributed by atoms with E-state index in [1.54, 1.807) is 0 Å². The van der Waals surface area contributed by atoms with Gasteiger partial charge in [0.25, 0.3) is 0 Å². The van der Waals surface area contributed by atoms with Gasteiger partial charge in [-0.2, -0.15) is 0 Å². The quantitative estimate of drug-likeness (QED) is 0.737. The summed E-state index contributed by atoms with van der Waals surface area (Å²) >= 11 is 0.